The topological polar surface area (TPSA) is 81.4 Å². The van der Waals surface area contributed by atoms with E-state index in [1.807, 2.05) is 18.3 Å². The van der Waals surface area contributed by atoms with Crippen molar-refractivity contribution in [3.63, 3.8) is 0 Å². The Morgan fingerprint density at radius 2 is 2.06 bits per heavy atom. The molecule has 1 aromatic rings. The number of ether oxygens (including phenoxy) is 1. The van der Waals surface area contributed by atoms with E-state index >= 15 is 0 Å². The molecule has 2 atom stereocenters. The fourth-order valence-electron chi connectivity index (χ4n) is 4.71. The molecule has 0 saturated carbocycles. The molecule has 0 amide bonds. The van der Waals surface area contributed by atoms with Crippen molar-refractivity contribution in [3.05, 3.63) is 76.5 Å². The van der Waals surface area contributed by atoms with Gasteiger partial charge < -0.3 is 20.1 Å². The molecule has 6 nitrogen and oxygen atoms in total. The van der Waals surface area contributed by atoms with Crippen LogP contribution < -0.4 is 5.32 Å². The molecule has 0 spiro atoms. The van der Waals surface area contributed by atoms with Crippen LogP contribution in [0.1, 0.15) is 37.8 Å². The van der Waals surface area contributed by atoms with Crippen molar-refractivity contribution < 1.29 is 9.84 Å². The second-order valence-electron chi connectivity index (χ2n) is 9.61. The zero-order valence-electron chi connectivity index (χ0n) is 19.7. The molecule has 1 saturated heterocycles. The van der Waals surface area contributed by atoms with Crippen LogP contribution in [0, 0.1) is 23.7 Å². The number of aromatic nitrogens is 1. The largest absolute Gasteiger partial charge is 0.507 e. The third-order valence-corrected chi connectivity index (χ3v) is 6.87. The van der Waals surface area contributed by atoms with Crippen molar-refractivity contribution in [3.8, 4) is 6.07 Å². The van der Waals surface area contributed by atoms with Crippen molar-refractivity contribution in [2.75, 3.05) is 38.2 Å². The summed E-state index contributed by atoms with van der Waals surface area (Å²) in [6.07, 6.45) is 13.5. The summed E-state index contributed by atoms with van der Waals surface area (Å²) >= 11 is 0. The van der Waals surface area contributed by atoms with E-state index in [9.17, 15) is 10.4 Å². The fraction of sp³-hybridized carbons (Fsp3) is 0.444. The van der Waals surface area contributed by atoms with Gasteiger partial charge in [-0.1, -0.05) is 26.0 Å². The molecule has 2 unspecified atom stereocenters. The van der Waals surface area contributed by atoms with E-state index in [2.05, 4.69) is 66.0 Å². The Bertz CT molecular complexity index is 1110. The van der Waals surface area contributed by atoms with Crippen molar-refractivity contribution in [2.45, 2.75) is 39.0 Å². The number of aliphatic hydroxyl groups excluding tert-OH is 1. The van der Waals surface area contributed by atoms with Gasteiger partial charge in [-0.3, -0.25) is 0 Å². The first-order chi connectivity index (χ1) is 15.8. The van der Waals surface area contributed by atoms with Crippen LogP contribution in [0.3, 0.4) is 0 Å². The summed E-state index contributed by atoms with van der Waals surface area (Å²) in [7, 11) is 0. The van der Waals surface area contributed by atoms with Gasteiger partial charge in [0.1, 0.15) is 17.6 Å². The minimum atomic E-state index is -0.370. The number of morpholine rings is 1. The van der Waals surface area contributed by atoms with E-state index in [0.717, 1.165) is 56.2 Å². The Kier molecular flexibility index (Phi) is 6.47. The minimum Gasteiger partial charge on any atom is -0.507 e. The molecule has 2 N–H and O–H groups in total. The molecule has 0 aromatic carbocycles. The Morgan fingerprint density at radius 3 is 2.82 bits per heavy atom. The zero-order chi connectivity index (χ0) is 23.5. The number of hydrogen-bond donors (Lipinski definition) is 2. The molecule has 1 fully saturated rings. The predicted molar refractivity (Wildman–Crippen MR) is 130 cm³/mol. The van der Waals surface area contributed by atoms with Crippen molar-refractivity contribution in [2.24, 2.45) is 5.41 Å². The number of anilines is 1. The van der Waals surface area contributed by atoms with Gasteiger partial charge in [-0.15, -0.1) is 5.73 Å². The number of rotatable bonds is 5. The van der Waals surface area contributed by atoms with Crippen LogP contribution >= 0.6 is 0 Å². The van der Waals surface area contributed by atoms with Crippen LogP contribution in [-0.4, -0.2) is 47.8 Å². The summed E-state index contributed by atoms with van der Waals surface area (Å²) in [5, 5.41) is 22.9. The van der Waals surface area contributed by atoms with E-state index in [0.29, 0.717) is 12.0 Å². The fourth-order valence-corrected chi connectivity index (χ4v) is 4.71. The van der Waals surface area contributed by atoms with Crippen molar-refractivity contribution >= 4 is 5.82 Å². The van der Waals surface area contributed by atoms with Gasteiger partial charge >= 0.3 is 0 Å². The molecule has 2 aliphatic carbocycles. The lowest BCUT2D eigenvalue weighted by molar-refractivity contribution is 0.0552. The Balaban J connectivity index is 1.50. The first kappa shape index (κ1) is 22.9. The first-order valence-electron chi connectivity index (χ1n) is 11.5. The highest BCUT2D eigenvalue weighted by atomic mass is 16.5. The maximum atomic E-state index is 9.97. The monoisotopic (exact) mass is 444 g/mol. The van der Waals surface area contributed by atoms with Gasteiger partial charge in [-0.25, -0.2) is 4.98 Å². The van der Waals surface area contributed by atoms with Gasteiger partial charge in [0.2, 0.25) is 0 Å². The second-order valence-corrected chi connectivity index (χ2v) is 9.61. The highest BCUT2D eigenvalue weighted by molar-refractivity contribution is 5.54. The Labute approximate surface area is 196 Å². The van der Waals surface area contributed by atoms with Crippen LogP contribution in [0.15, 0.2) is 65.4 Å². The number of hydrogen-bond acceptors (Lipinski definition) is 6. The lowest BCUT2D eigenvalue weighted by atomic mass is 9.74. The average molecular weight is 445 g/mol. The van der Waals surface area contributed by atoms with Crippen LogP contribution in [0.2, 0.25) is 0 Å². The number of pyridine rings is 1. The molecule has 1 aromatic heterocycles. The SMILES string of the molecule is Cc1c(C2(C)C=C(C#N)C(O)=CC2)ccnc1NCC1(C)C=C=CC(N2CCOCC2)=CC1. The minimum absolute atomic E-state index is 0.0608. The van der Waals surface area contributed by atoms with Gasteiger partial charge in [-0.05, 0) is 49.1 Å². The quantitative estimate of drug-likeness (QED) is 0.641. The molecule has 1 aliphatic heterocycles. The van der Waals surface area contributed by atoms with Gasteiger partial charge in [0.05, 0.1) is 18.8 Å². The molecule has 6 heteroatoms. The van der Waals surface area contributed by atoms with Gasteiger partial charge in [-0.2, -0.15) is 5.26 Å². The maximum absolute atomic E-state index is 9.97. The lowest BCUT2D eigenvalue weighted by Crippen LogP contribution is -2.35. The van der Waals surface area contributed by atoms with Crippen LogP contribution in [-0.2, 0) is 10.2 Å². The molecule has 172 valence electrons. The summed E-state index contributed by atoms with van der Waals surface area (Å²) in [4.78, 5) is 6.97. The molecular weight excluding hydrogens is 412 g/mol. The van der Waals surface area contributed by atoms with Gasteiger partial charge in [0, 0.05) is 48.4 Å². The smallest absolute Gasteiger partial charge is 0.129 e. The molecule has 33 heavy (non-hydrogen) atoms. The normalized spacial score (nSPS) is 27.2. The summed E-state index contributed by atoms with van der Waals surface area (Å²) in [6.45, 7) is 10.5. The van der Waals surface area contributed by atoms with Crippen molar-refractivity contribution in [1.29, 1.82) is 5.26 Å². The second kappa shape index (κ2) is 9.31. The lowest BCUT2D eigenvalue weighted by Gasteiger charge is -2.31. The third kappa shape index (κ3) is 4.90. The molecular formula is C27H32N4O2. The summed E-state index contributed by atoms with van der Waals surface area (Å²) in [5.41, 5.74) is 6.63. The van der Waals surface area contributed by atoms with E-state index in [1.54, 1.807) is 6.08 Å². The van der Waals surface area contributed by atoms with E-state index in [-0.39, 0.29) is 16.6 Å². The molecule has 3 aliphatic rings. The summed E-state index contributed by atoms with van der Waals surface area (Å²) in [5.74, 6) is 0.908. The Morgan fingerprint density at radius 1 is 1.27 bits per heavy atom. The highest BCUT2D eigenvalue weighted by Crippen LogP contribution is 2.39. The van der Waals surface area contributed by atoms with Crippen LogP contribution in [0.5, 0.6) is 0 Å². The number of nitrogens with one attached hydrogen (secondary N) is 1. The van der Waals surface area contributed by atoms with Crippen molar-refractivity contribution in [1.82, 2.24) is 9.88 Å². The van der Waals surface area contributed by atoms with Crippen LogP contribution in [0.4, 0.5) is 5.82 Å². The summed E-state index contributed by atoms with van der Waals surface area (Å²) in [6, 6.07) is 4.11. The molecule has 2 heterocycles. The van der Waals surface area contributed by atoms with Crippen LogP contribution in [0.25, 0.3) is 0 Å². The van der Waals surface area contributed by atoms with Gasteiger partial charge in [0.25, 0.3) is 0 Å². The number of nitriles is 1. The number of aliphatic hydroxyl groups is 1. The predicted octanol–water partition coefficient (Wildman–Crippen LogP) is 4.69. The third-order valence-electron chi connectivity index (χ3n) is 6.87. The molecule has 0 radical (unpaired) electrons. The molecule has 4 rings (SSSR count). The molecule has 0 bridgehead atoms. The van der Waals surface area contributed by atoms with E-state index in [1.165, 1.54) is 5.70 Å². The number of nitrogens with zero attached hydrogens (tertiary/aromatic N) is 3. The van der Waals surface area contributed by atoms with E-state index in [4.69, 9.17) is 4.74 Å². The first-order valence-corrected chi connectivity index (χ1v) is 11.5. The zero-order valence-corrected chi connectivity index (χ0v) is 19.7. The number of allylic oxidation sites excluding steroid dienone is 5. The van der Waals surface area contributed by atoms with E-state index < -0.39 is 0 Å². The maximum Gasteiger partial charge on any atom is 0.129 e. The standard InChI is InChI=1S/C27H32N4O2/c1-20-23(27(3)11-7-24(32)21(17-27)18-28)8-12-29-25(20)30-19-26(2)9-4-5-22(6-10-26)31-13-15-33-16-14-31/h5-9,12,17,32H,10-11,13-16,19H2,1-3H3,(H,29,30). The summed E-state index contributed by atoms with van der Waals surface area (Å²) < 4.78 is 5.48. The average Bonchev–Trinajstić information content (AvgIpc) is 3.02. The van der Waals surface area contributed by atoms with Gasteiger partial charge in [0.15, 0.2) is 0 Å². The Hall–Kier alpha value is -3.26. The highest BCUT2D eigenvalue weighted by Gasteiger charge is 2.31.